The molecule has 1 unspecified atom stereocenters. The van der Waals surface area contributed by atoms with Crippen LogP contribution in [0.4, 0.5) is 0 Å². The van der Waals surface area contributed by atoms with Crippen molar-refractivity contribution in [2.24, 2.45) is 0 Å². The zero-order chi connectivity index (χ0) is 15.9. The molecule has 2 aromatic carbocycles. The maximum atomic E-state index is 12.0. The van der Waals surface area contributed by atoms with Gasteiger partial charge in [-0.05, 0) is 30.3 Å². The maximum absolute atomic E-state index is 12.0. The van der Waals surface area contributed by atoms with Crippen LogP contribution in [0.1, 0.15) is 28.4 Å². The molecule has 0 amide bonds. The highest BCUT2D eigenvalue weighted by Crippen LogP contribution is 2.21. The standard InChI is InChI=1S/C17H17Cl2NO2.ClH/c18-13-7-5-12(6-8-13)16(21)9-10-20-11-17(22)14-3-1-2-4-15(14)19;/h1-8,17,20,22H,9-11H2;1H. The zero-order valence-electron chi connectivity index (χ0n) is 12.4. The Morgan fingerprint density at radius 3 is 2.39 bits per heavy atom. The summed E-state index contributed by atoms with van der Waals surface area (Å²) in [4.78, 5) is 12.0. The Morgan fingerprint density at radius 1 is 1.09 bits per heavy atom. The summed E-state index contributed by atoms with van der Waals surface area (Å²) in [6.07, 6.45) is -0.226. The van der Waals surface area contributed by atoms with Crippen LogP contribution in [0, 0.1) is 0 Å². The van der Waals surface area contributed by atoms with Crippen LogP contribution in [0.3, 0.4) is 0 Å². The summed E-state index contributed by atoms with van der Waals surface area (Å²) in [5.74, 6) is 0.0696. The Bertz CT molecular complexity index is 632. The Labute approximate surface area is 152 Å². The van der Waals surface area contributed by atoms with E-state index in [0.717, 1.165) is 0 Å². The fourth-order valence-corrected chi connectivity index (χ4v) is 2.55. The van der Waals surface area contributed by atoms with Gasteiger partial charge in [0, 0.05) is 21.2 Å². The summed E-state index contributed by atoms with van der Waals surface area (Å²) in [7, 11) is 0. The molecule has 0 fully saturated rings. The molecule has 0 radical (unpaired) electrons. The van der Waals surface area contributed by atoms with Gasteiger partial charge in [-0.2, -0.15) is 0 Å². The first-order valence-electron chi connectivity index (χ1n) is 7.11. The SMILES string of the molecule is O=C(CC[NH2+]CC(O)c1ccccc1Cl)c1ccc(Cl)cc1.[Cl-]. The normalized spacial score (nSPS) is 11.6. The van der Waals surface area contributed by atoms with Crippen molar-refractivity contribution in [2.45, 2.75) is 12.5 Å². The number of aliphatic hydroxyl groups excluding tert-OH is 1. The molecule has 0 aliphatic heterocycles. The van der Waals surface area contributed by atoms with Gasteiger partial charge in [0.1, 0.15) is 12.6 Å². The number of carbonyl (C=O) groups is 1. The molecule has 2 rings (SSSR count). The number of quaternary nitrogens is 1. The smallest absolute Gasteiger partial charge is 0.168 e. The van der Waals surface area contributed by atoms with Gasteiger partial charge in [0.15, 0.2) is 5.78 Å². The largest absolute Gasteiger partial charge is 1.00 e. The maximum Gasteiger partial charge on any atom is 0.168 e. The summed E-state index contributed by atoms with van der Waals surface area (Å²) in [5.41, 5.74) is 1.37. The van der Waals surface area contributed by atoms with Crippen molar-refractivity contribution in [1.82, 2.24) is 0 Å². The van der Waals surface area contributed by atoms with Crippen molar-refractivity contribution < 1.29 is 27.6 Å². The summed E-state index contributed by atoms with van der Waals surface area (Å²) >= 11 is 11.8. The molecule has 0 aromatic heterocycles. The van der Waals surface area contributed by atoms with Crippen LogP contribution >= 0.6 is 23.2 Å². The highest BCUT2D eigenvalue weighted by Gasteiger charge is 2.13. The highest BCUT2D eigenvalue weighted by atomic mass is 35.5. The molecule has 1 atom stereocenters. The van der Waals surface area contributed by atoms with Gasteiger partial charge < -0.3 is 22.8 Å². The summed E-state index contributed by atoms with van der Waals surface area (Å²) < 4.78 is 0. The van der Waals surface area contributed by atoms with Crippen LogP contribution in [0.15, 0.2) is 48.5 Å². The minimum absolute atomic E-state index is 0. The summed E-state index contributed by atoms with van der Waals surface area (Å²) in [5, 5.41) is 13.2. The van der Waals surface area contributed by atoms with Gasteiger partial charge in [-0.3, -0.25) is 4.79 Å². The number of Topliss-reactive ketones (excluding diaryl/α,β-unsaturated/α-hetero) is 1. The summed E-state index contributed by atoms with van der Waals surface area (Å²) in [6.45, 7) is 1.08. The van der Waals surface area contributed by atoms with E-state index in [1.165, 1.54) is 0 Å². The molecule has 3 N–H and O–H groups in total. The van der Waals surface area contributed by atoms with E-state index < -0.39 is 6.10 Å². The number of hydrogen-bond donors (Lipinski definition) is 2. The quantitative estimate of drug-likeness (QED) is 0.524. The van der Waals surface area contributed by atoms with Crippen LogP contribution in [0.2, 0.25) is 10.0 Å². The van der Waals surface area contributed by atoms with E-state index in [0.29, 0.717) is 40.7 Å². The lowest BCUT2D eigenvalue weighted by Gasteiger charge is -2.11. The Kier molecular flexibility index (Phi) is 8.59. The number of nitrogens with two attached hydrogens (primary N) is 1. The zero-order valence-corrected chi connectivity index (χ0v) is 14.7. The number of benzene rings is 2. The van der Waals surface area contributed by atoms with Crippen molar-refractivity contribution in [3.8, 4) is 0 Å². The van der Waals surface area contributed by atoms with E-state index in [1.807, 2.05) is 17.4 Å². The third-order valence-electron chi connectivity index (χ3n) is 3.40. The molecule has 0 bridgehead atoms. The van der Waals surface area contributed by atoms with E-state index in [2.05, 4.69) is 0 Å². The van der Waals surface area contributed by atoms with Crippen molar-refractivity contribution >= 4 is 29.0 Å². The second-order valence-electron chi connectivity index (χ2n) is 5.03. The van der Waals surface area contributed by atoms with E-state index in [1.54, 1.807) is 36.4 Å². The molecule has 0 saturated heterocycles. The average Bonchev–Trinajstić information content (AvgIpc) is 2.52. The molecular weight excluding hydrogens is 357 g/mol. The first kappa shape index (κ1) is 19.9. The minimum Gasteiger partial charge on any atom is -1.00 e. The van der Waals surface area contributed by atoms with Crippen molar-refractivity contribution in [1.29, 1.82) is 0 Å². The average molecular weight is 375 g/mol. The molecule has 6 heteroatoms. The number of carbonyl (C=O) groups excluding carboxylic acids is 1. The second-order valence-corrected chi connectivity index (χ2v) is 5.87. The molecule has 0 saturated carbocycles. The lowest BCUT2D eigenvalue weighted by Crippen LogP contribution is -3.00. The predicted molar refractivity (Wildman–Crippen MR) is 88.5 cm³/mol. The number of rotatable bonds is 7. The van der Waals surface area contributed by atoms with Crippen molar-refractivity contribution in [2.75, 3.05) is 13.1 Å². The number of aliphatic hydroxyl groups is 1. The number of halogens is 3. The van der Waals surface area contributed by atoms with Crippen LogP contribution in [-0.4, -0.2) is 24.0 Å². The predicted octanol–water partition coefficient (Wildman–Crippen LogP) is -0.133. The van der Waals surface area contributed by atoms with Crippen LogP contribution in [-0.2, 0) is 0 Å². The lowest BCUT2D eigenvalue weighted by atomic mass is 10.1. The van der Waals surface area contributed by atoms with E-state index in [4.69, 9.17) is 23.2 Å². The number of ketones is 1. The third-order valence-corrected chi connectivity index (χ3v) is 3.99. The van der Waals surface area contributed by atoms with Gasteiger partial charge in [0.2, 0.25) is 0 Å². The van der Waals surface area contributed by atoms with Gasteiger partial charge in [0.25, 0.3) is 0 Å². The lowest BCUT2D eigenvalue weighted by molar-refractivity contribution is -0.660. The summed E-state index contributed by atoms with van der Waals surface area (Å²) in [6, 6.07) is 14.1. The van der Waals surface area contributed by atoms with E-state index >= 15 is 0 Å². The third kappa shape index (κ3) is 6.13. The molecule has 0 heterocycles. The van der Waals surface area contributed by atoms with Crippen LogP contribution < -0.4 is 17.7 Å². The van der Waals surface area contributed by atoms with Gasteiger partial charge in [-0.15, -0.1) is 0 Å². The van der Waals surface area contributed by atoms with Gasteiger partial charge in [-0.25, -0.2) is 0 Å². The topological polar surface area (TPSA) is 53.9 Å². The van der Waals surface area contributed by atoms with E-state index in [9.17, 15) is 9.90 Å². The molecule has 124 valence electrons. The van der Waals surface area contributed by atoms with Crippen molar-refractivity contribution in [3.63, 3.8) is 0 Å². The Hall–Kier alpha value is -1.10. The van der Waals surface area contributed by atoms with Crippen molar-refractivity contribution in [3.05, 3.63) is 69.7 Å². The first-order valence-corrected chi connectivity index (χ1v) is 7.86. The molecule has 3 nitrogen and oxygen atoms in total. The molecule has 0 aliphatic carbocycles. The van der Waals surface area contributed by atoms with Gasteiger partial charge in [0.05, 0.1) is 13.0 Å². The molecule has 2 aromatic rings. The second kappa shape index (κ2) is 9.91. The number of hydrogen-bond acceptors (Lipinski definition) is 2. The van der Waals surface area contributed by atoms with Gasteiger partial charge in [-0.1, -0.05) is 41.4 Å². The van der Waals surface area contributed by atoms with E-state index in [-0.39, 0.29) is 18.2 Å². The minimum atomic E-state index is -0.640. The van der Waals surface area contributed by atoms with Gasteiger partial charge >= 0.3 is 0 Å². The molecular formula is C17H18Cl3NO2. The first-order chi connectivity index (χ1) is 10.6. The van der Waals surface area contributed by atoms with Crippen LogP contribution in [0.5, 0.6) is 0 Å². The fourth-order valence-electron chi connectivity index (χ4n) is 2.16. The monoisotopic (exact) mass is 373 g/mol. The molecule has 0 aliphatic rings. The molecule has 0 spiro atoms. The Balaban J connectivity index is 0.00000264. The van der Waals surface area contributed by atoms with Crippen LogP contribution in [0.25, 0.3) is 0 Å². The molecule has 23 heavy (non-hydrogen) atoms. The highest BCUT2D eigenvalue weighted by molar-refractivity contribution is 6.31. The Morgan fingerprint density at radius 2 is 1.74 bits per heavy atom. The fraction of sp³-hybridized carbons (Fsp3) is 0.235.